The normalized spacial score (nSPS) is 26.8. The first kappa shape index (κ1) is 15.2. The van der Waals surface area contributed by atoms with Gasteiger partial charge in [-0.15, -0.1) is 11.6 Å². The molecule has 1 heterocycles. The van der Waals surface area contributed by atoms with Crippen LogP contribution in [0.5, 0.6) is 0 Å². The van der Waals surface area contributed by atoms with E-state index in [1.54, 1.807) is 0 Å². The molecule has 1 saturated carbocycles. The zero-order valence-electron chi connectivity index (χ0n) is 12.1. The van der Waals surface area contributed by atoms with Gasteiger partial charge in [-0.25, -0.2) is 0 Å². The molecule has 1 aliphatic heterocycles. The first-order chi connectivity index (χ1) is 9.31. The molecule has 0 aromatic heterocycles. The van der Waals surface area contributed by atoms with Crippen LogP contribution in [0.3, 0.4) is 0 Å². The molecule has 110 valence electrons. The fraction of sp³-hybridized carbons (Fsp3) is 0.938. The summed E-state index contributed by atoms with van der Waals surface area (Å²) in [6, 6.07) is 0.294. The maximum atomic E-state index is 12.6. The average Bonchev–Trinajstić information content (AvgIpc) is 2.80. The smallest absolute Gasteiger partial charge is 0.223 e. The van der Waals surface area contributed by atoms with Crippen LogP contribution in [0, 0.1) is 5.92 Å². The Morgan fingerprint density at radius 3 is 2.26 bits per heavy atom. The Bertz CT molecular complexity index is 274. The van der Waals surface area contributed by atoms with E-state index >= 15 is 0 Å². The van der Waals surface area contributed by atoms with Gasteiger partial charge in [-0.05, 0) is 31.6 Å². The van der Waals surface area contributed by atoms with Crippen molar-refractivity contribution in [1.29, 1.82) is 0 Å². The molecule has 1 amide bonds. The summed E-state index contributed by atoms with van der Waals surface area (Å²) in [5, 5.41) is 0. The van der Waals surface area contributed by atoms with Gasteiger partial charge in [0.15, 0.2) is 0 Å². The Morgan fingerprint density at radius 1 is 0.947 bits per heavy atom. The van der Waals surface area contributed by atoms with Gasteiger partial charge in [-0.3, -0.25) is 4.79 Å². The van der Waals surface area contributed by atoms with E-state index in [0.717, 1.165) is 25.8 Å². The molecule has 2 nitrogen and oxygen atoms in total. The van der Waals surface area contributed by atoms with E-state index in [0.29, 0.717) is 23.7 Å². The minimum atomic E-state index is 0.294. The van der Waals surface area contributed by atoms with Crippen LogP contribution in [-0.2, 0) is 4.79 Å². The van der Waals surface area contributed by atoms with Gasteiger partial charge in [0.25, 0.3) is 0 Å². The summed E-state index contributed by atoms with van der Waals surface area (Å²) in [5.74, 6) is 1.62. The lowest BCUT2D eigenvalue weighted by atomic mass is 9.95. The summed E-state index contributed by atoms with van der Waals surface area (Å²) in [6.07, 6.45) is 13.4. The number of carbonyl (C=O) groups is 1. The standard InChI is InChI=1S/C16H28ClNO/c17-13-15-10-6-3-7-11-18(15)16(19)12-14-8-4-1-2-5-9-14/h14-15H,1-13H2. The molecule has 2 fully saturated rings. The van der Waals surface area contributed by atoms with E-state index in [1.807, 2.05) is 0 Å². The van der Waals surface area contributed by atoms with E-state index in [1.165, 1.54) is 51.4 Å². The van der Waals surface area contributed by atoms with Crippen molar-refractivity contribution in [1.82, 2.24) is 4.90 Å². The van der Waals surface area contributed by atoms with Crippen LogP contribution in [0.2, 0.25) is 0 Å². The number of carbonyl (C=O) groups excluding carboxylic acids is 1. The van der Waals surface area contributed by atoms with Crippen molar-refractivity contribution in [2.45, 2.75) is 76.7 Å². The molecule has 0 aromatic rings. The third-order valence-electron chi connectivity index (χ3n) is 4.81. The van der Waals surface area contributed by atoms with Crippen LogP contribution >= 0.6 is 11.6 Å². The summed E-state index contributed by atoms with van der Waals surface area (Å²) in [6.45, 7) is 0.933. The Kier molecular flexibility index (Phi) is 6.49. The van der Waals surface area contributed by atoms with Gasteiger partial charge in [-0.2, -0.15) is 0 Å². The van der Waals surface area contributed by atoms with E-state index in [9.17, 15) is 4.79 Å². The van der Waals surface area contributed by atoms with E-state index < -0.39 is 0 Å². The van der Waals surface area contributed by atoms with E-state index in [-0.39, 0.29) is 0 Å². The van der Waals surface area contributed by atoms with E-state index in [2.05, 4.69) is 4.90 Å². The second kappa shape index (κ2) is 8.14. The van der Waals surface area contributed by atoms with Gasteiger partial charge < -0.3 is 4.90 Å². The highest BCUT2D eigenvalue weighted by molar-refractivity contribution is 6.18. The Labute approximate surface area is 122 Å². The third kappa shape index (κ3) is 4.66. The summed E-state index contributed by atoms with van der Waals surface area (Å²) in [7, 11) is 0. The van der Waals surface area contributed by atoms with Gasteiger partial charge in [0.2, 0.25) is 5.91 Å². The molecule has 0 N–H and O–H groups in total. The van der Waals surface area contributed by atoms with Gasteiger partial charge >= 0.3 is 0 Å². The molecular weight excluding hydrogens is 258 g/mol. The molecule has 3 heteroatoms. The lowest BCUT2D eigenvalue weighted by molar-refractivity contribution is -0.134. The molecule has 1 unspecified atom stereocenters. The minimum Gasteiger partial charge on any atom is -0.339 e. The number of amides is 1. The summed E-state index contributed by atoms with van der Waals surface area (Å²) in [5.41, 5.74) is 0. The highest BCUT2D eigenvalue weighted by Crippen LogP contribution is 2.27. The van der Waals surface area contributed by atoms with Crippen LogP contribution < -0.4 is 0 Å². The molecule has 0 bridgehead atoms. The Balaban J connectivity index is 1.88. The van der Waals surface area contributed by atoms with Crippen molar-refractivity contribution in [3.63, 3.8) is 0 Å². The van der Waals surface area contributed by atoms with Crippen molar-refractivity contribution < 1.29 is 4.79 Å². The van der Waals surface area contributed by atoms with E-state index in [4.69, 9.17) is 11.6 Å². The molecule has 0 spiro atoms. The second-order valence-corrected chi connectivity index (χ2v) is 6.61. The maximum Gasteiger partial charge on any atom is 0.223 e. The van der Waals surface area contributed by atoms with Crippen LogP contribution in [-0.4, -0.2) is 29.3 Å². The predicted octanol–water partition coefficient (Wildman–Crippen LogP) is 4.36. The van der Waals surface area contributed by atoms with Crippen LogP contribution in [0.4, 0.5) is 0 Å². The fourth-order valence-corrected chi connectivity index (χ4v) is 3.92. The van der Waals surface area contributed by atoms with Crippen molar-refractivity contribution in [2.24, 2.45) is 5.92 Å². The molecule has 1 atom stereocenters. The van der Waals surface area contributed by atoms with Crippen LogP contribution in [0.1, 0.15) is 70.6 Å². The summed E-state index contributed by atoms with van der Waals surface area (Å²) < 4.78 is 0. The number of alkyl halides is 1. The quantitative estimate of drug-likeness (QED) is 0.557. The molecule has 0 radical (unpaired) electrons. The van der Waals surface area contributed by atoms with Crippen LogP contribution in [0.25, 0.3) is 0 Å². The predicted molar refractivity (Wildman–Crippen MR) is 80.5 cm³/mol. The lowest BCUT2D eigenvalue weighted by Gasteiger charge is -2.30. The third-order valence-corrected chi connectivity index (χ3v) is 5.17. The fourth-order valence-electron chi connectivity index (χ4n) is 3.60. The van der Waals surface area contributed by atoms with Crippen molar-refractivity contribution in [3.05, 3.63) is 0 Å². The highest BCUT2D eigenvalue weighted by atomic mass is 35.5. The first-order valence-corrected chi connectivity index (χ1v) is 8.70. The second-order valence-electron chi connectivity index (χ2n) is 6.31. The lowest BCUT2D eigenvalue weighted by Crippen LogP contribution is -2.41. The zero-order valence-corrected chi connectivity index (χ0v) is 12.8. The summed E-state index contributed by atoms with van der Waals surface area (Å²) >= 11 is 6.07. The maximum absolute atomic E-state index is 12.6. The molecular formula is C16H28ClNO. The minimum absolute atomic E-state index is 0.294. The Morgan fingerprint density at radius 2 is 1.58 bits per heavy atom. The van der Waals surface area contributed by atoms with Crippen molar-refractivity contribution in [3.8, 4) is 0 Å². The summed E-state index contributed by atoms with van der Waals surface area (Å²) in [4.78, 5) is 14.7. The largest absolute Gasteiger partial charge is 0.339 e. The van der Waals surface area contributed by atoms with Gasteiger partial charge in [-0.1, -0.05) is 38.5 Å². The van der Waals surface area contributed by atoms with Gasteiger partial charge in [0.05, 0.1) is 0 Å². The number of rotatable bonds is 3. The SMILES string of the molecule is O=C(CC1CCCCCC1)N1CCCCCC1CCl. The number of hydrogen-bond acceptors (Lipinski definition) is 1. The topological polar surface area (TPSA) is 20.3 Å². The van der Waals surface area contributed by atoms with Crippen LogP contribution in [0.15, 0.2) is 0 Å². The molecule has 2 aliphatic rings. The highest BCUT2D eigenvalue weighted by Gasteiger charge is 2.26. The molecule has 1 saturated heterocycles. The number of halogens is 1. The van der Waals surface area contributed by atoms with Gasteiger partial charge in [0, 0.05) is 24.9 Å². The Hall–Kier alpha value is -0.240. The molecule has 0 aromatic carbocycles. The van der Waals surface area contributed by atoms with Crippen molar-refractivity contribution >= 4 is 17.5 Å². The monoisotopic (exact) mass is 285 g/mol. The average molecular weight is 286 g/mol. The van der Waals surface area contributed by atoms with Gasteiger partial charge in [0.1, 0.15) is 0 Å². The molecule has 2 rings (SSSR count). The number of nitrogens with zero attached hydrogens (tertiary/aromatic N) is 1. The number of hydrogen-bond donors (Lipinski definition) is 0. The zero-order chi connectivity index (χ0) is 13.5. The van der Waals surface area contributed by atoms with Crippen molar-refractivity contribution in [2.75, 3.05) is 12.4 Å². The molecule has 1 aliphatic carbocycles. The number of likely N-dealkylation sites (tertiary alicyclic amines) is 1. The first-order valence-electron chi connectivity index (χ1n) is 8.16. The molecule has 19 heavy (non-hydrogen) atoms.